The van der Waals surface area contributed by atoms with Gasteiger partial charge in [-0.3, -0.25) is 0 Å². The molecule has 0 radical (unpaired) electrons. The van der Waals surface area contributed by atoms with Crippen molar-refractivity contribution in [2.24, 2.45) is 0 Å². The van der Waals surface area contributed by atoms with Gasteiger partial charge in [0, 0.05) is 5.02 Å². The van der Waals surface area contributed by atoms with Crippen molar-refractivity contribution in [3.05, 3.63) is 65.5 Å². The van der Waals surface area contributed by atoms with Gasteiger partial charge in [0.1, 0.15) is 5.82 Å². The van der Waals surface area contributed by atoms with Crippen LogP contribution in [0.1, 0.15) is 24.4 Å². The number of aromatic amines is 1. The van der Waals surface area contributed by atoms with E-state index in [1.54, 1.807) is 7.11 Å². The third-order valence-electron chi connectivity index (χ3n) is 3.76. The molecule has 24 heavy (non-hydrogen) atoms. The van der Waals surface area contributed by atoms with Gasteiger partial charge in [-0.25, -0.2) is 4.98 Å². The third kappa shape index (κ3) is 3.39. The maximum absolute atomic E-state index is 6.04. The van der Waals surface area contributed by atoms with Crippen LogP contribution in [0.2, 0.25) is 5.02 Å². The molecule has 124 valence electrons. The summed E-state index contributed by atoms with van der Waals surface area (Å²) in [7, 11) is 1.63. The highest BCUT2D eigenvalue weighted by Crippen LogP contribution is 2.32. The minimum atomic E-state index is -0.254. The van der Waals surface area contributed by atoms with Crippen LogP contribution >= 0.6 is 11.6 Å². The predicted molar refractivity (Wildman–Crippen MR) is 97.0 cm³/mol. The lowest BCUT2D eigenvalue weighted by molar-refractivity contribution is 0.208. The number of fused-ring (bicyclic) bond motifs is 1. The molecule has 1 aromatic heterocycles. The quantitative estimate of drug-likeness (QED) is 0.634. The molecule has 2 aromatic carbocycles. The predicted octanol–water partition coefficient (Wildman–Crippen LogP) is 5.09. The summed E-state index contributed by atoms with van der Waals surface area (Å²) in [4.78, 5) is 7.81. The number of H-pyrrole nitrogens is 1. The highest BCUT2D eigenvalue weighted by atomic mass is 35.5. The van der Waals surface area contributed by atoms with Crippen molar-refractivity contribution >= 4 is 22.6 Å². The summed E-state index contributed by atoms with van der Waals surface area (Å²) < 4.78 is 11.5. The Morgan fingerprint density at radius 1 is 1.25 bits per heavy atom. The highest BCUT2D eigenvalue weighted by molar-refractivity contribution is 6.31. The van der Waals surface area contributed by atoms with E-state index in [9.17, 15) is 0 Å². The summed E-state index contributed by atoms with van der Waals surface area (Å²) in [6.45, 7) is 5.70. The number of hydrogen-bond acceptors (Lipinski definition) is 3. The van der Waals surface area contributed by atoms with Gasteiger partial charge in [-0.15, -0.1) is 6.58 Å². The number of halogens is 1. The molecule has 0 aliphatic heterocycles. The first-order valence-corrected chi connectivity index (χ1v) is 8.08. The fraction of sp³-hybridized carbons (Fsp3) is 0.211. The van der Waals surface area contributed by atoms with Gasteiger partial charge >= 0.3 is 0 Å². The van der Waals surface area contributed by atoms with Crippen LogP contribution in [0.25, 0.3) is 11.0 Å². The second-order valence-electron chi connectivity index (χ2n) is 5.52. The van der Waals surface area contributed by atoms with Crippen molar-refractivity contribution in [1.29, 1.82) is 0 Å². The molecule has 0 saturated heterocycles. The summed E-state index contributed by atoms with van der Waals surface area (Å²) in [6, 6.07) is 11.4. The molecule has 1 N–H and O–H groups in total. The number of aromatic nitrogens is 2. The van der Waals surface area contributed by atoms with E-state index in [4.69, 9.17) is 21.1 Å². The van der Waals surface area contributed by atoms with Crippen molar-refractivity contribution in [3.63, 3.8) is 0 Å². The zero-order valence-corrected chi connectivity index (χ0v) is 14.4. The second-order valence-corrected chi connectivity index (χ2v) is 5.96. The maximum Gasteiger partial charge on any atom is 0.162 e. The van der Waals surface area contributed by atoms with Crippen molar-refractivity contribution in [1.82, 2.24) is 9.97 Å². The number of allylic oxidation sites excluding steroid dienone is 1. The lowest BCUT2D eigenvalue weighted by Gasteiger charge is -2.16. The molecule has 5 heteroatoms. The molecule has 0 bridgehead atoms. The number of benzene rings is 2. The highest BCUT2D eigenvalue weighted by Gasteiger charge is 2.15. The van der Waals surface area contributed by atoms with Crippen LogP contribution in [0.5, 0.6) is 11.5 Å². The number of rotatable bonds is 6. The van der Waals surface area contributed by atoms with Crippen LogP contribution in [-0.2, 0) is 6.42 Å². The standard InChI is InChI=1S/C19H19ClN2O2/c1-4-5-13-6-9-17(18(10-13)23-3)24-12(2)19-21-15-8-7-14(20)11-16(15)22-19/h4,6-12H,1,5H2,2-3H3,(H,21,22). The van der Waals surface area contributed by atoms with Crippen LogP contribution in [0.4, 0.5) is 0 Å². The molecular formula is C19H19ClN2O2. The molecule has 3 aromatic rings. The second kappa shape index (κ2) is 6.97. The Hall–Kier alpha value is -2.46. The van der Waals surface area contributed by atoms with E-state index in [-0.39, 0.29) is 6.10 Å². The van der Waals surface area contributed by atoms with E-state index in [0.29, 0.717) is 16.5 Å². The zero-order valence-electron chi connectivity index (χ0n) is 13.7. The van der Waals surface area contributed by atoms with Crippen LogP contribution in [0.3, 0.4) is 0 Å². The summed E-state index contributed by atoms with van der Waals surface area (Å²) in [6.07, 6.45) is 2.39. The monoisotopic (exact) mass is 342 g/mol. The van der Waals surface area contributed by atoms with Crippen molar-refractivity contribution < 1.29 is 9.47 Å². The van der Waals surface area contributed by atoms with Crippen LogP contribution in [0.15, 0.2) is 49.1 Å². The first-order valence-electron chi connectivity index (χ1n) is 7.70. The molecule has 3 rings (SSSR count). The number of hydrogen-bond donors (Lipinski definition) is 1. The van der Waals surface area contributed by atoms with E-state index in [2.05, 4.69) is 16.5 Å². The van der Waals surface area contributed by atoms with Gasteiger partial charge in [-0.1, -0.05) is 23.7 Å². The maximum atomic E-state index is 6.04. The fourth-order valence-electron chi connectivity index (χ4n) is 2.54. The summed E-state index contributed by atoms with van der Waals surface area (Å²) in [5.74, 6) is 2.11. The number of nitrogens with zero attached hydrogens (tertiary/aromatic N) is 1. The molecule has 0 amide bonds. The Morgan fingerprint density at radius 3 is 2.83 bits per heavy atom. The normalized spacial score (nSPS) is 12.1. The Morgan fingerprint density at radius 2 is 2.08 bits per heavy atom. The Kier molecular flexibility index (Phi) is 4.76. The first kappa shape index (κ1) is 16.4. The van der Waals surface area contributed by atoms with Crippen molar-refractivity contribution in [3.8, 4) is 11.5 Å². The number of methoxy groups -OCH3 is 1. The van der Waals surface area contributed by atoms with Gasteiger partial charge < -0.3 is 14.5 Å². The molecule has 4 nitrogen and oxygen atoms in total. The zero-order chi connectivity index (χ0) is 17.1. The topological polar surface area (TPSA) is 47.1 Å². The van der Waals surface area contributed by atoms with Gasteiger partial charge in [0.05, 0.1) is 18.1 Å². The van der Waals surface area contributed by atoms with Gasteiger partial charge in [0.2, 0.25) is 0 Å². The van der Waals surface area contributed by atoms with Gasteiger partial charge in [-0.2, -0.15) is 0 Å². The molecule has 1 heterocycles. The molecular weight excluding hydrogens is 324 g/mol. The van der Waals surface area contributed by atoms with Crippen LogP contribution in [0, 0.1) is 0 Å². The molecule has 1 atom stereocenters. The molecule has 0 fully saturated rings. The molecule has 0 aliphatic carbocycles. The van der Waals surface area contributed by atoms with E-state index < -0.39 is 0 Å². The Balaban J connectivity index is 1.84. The van der Waals surface area contributed by atoms with Crippen molar-refractivity contribution in [2.45, 2.75) is 19.4 Å². The Bertz CT molecular complexity index is 873. The van der Waals surface area contributed by atoms with Crippen LogP contribution < -0.4 is 9.47 Å². The van der Waals surface area contributed by atoms with Gasteiger partial charge in [0.15, 0.2) is 17.6 Å². The number of ether oxygens (including phenoxy) is 2. The third-order valence-corrected chi connectivity index (χ3v) is 3.99. The summed E-state index contributed by atoms with van der Waals surface area (Å²) in [5, 5.41) is 0.672. The number of imidazole rings is 1. The first-order chi connectivity index (χ1) is 11.6. The molecule has 1 unspecified atom stereocenters. The fourth-order valence-corrected chi connectivity index (χ4v) is 2.72. The van der Waals surface area contributed by atoms with E-state index in [0.717, 1.165) is 28.8 Å². The largest absolute Gasteiger partial charge is 0.493 e. The van der Waals surface area contributed by atoms with E-state index in [1.165, 1.54) is 0 Å². The average Bonchev–Trinajstić information content (AvgIpc) is 2.99. The molecule has 0 spiro atoms. The number of nitrogens with one attached hydrogen (secondary N) is 1. The van der Waals surface area contributed by atoms with E-state index >= 15 is 0 Å². The molecule has 0 aliphatic rings. The minimum Gasteiger partial charge on any atom is -0.493 e. The Labute approximate surface area is 146 Å². The summed E-state index contributed by atoms with van der Waals surface area (Å²) >= 11 is 6.01. The smallest absolute Gasteiger partial charge is 0.162 e. The average molecular weight is 343 g/mol. The lowest BCUT2D eigenvalue weighted by atomic mass is 10.1. The lowest BCUT2D eigenvalue weighted by Crippen LogP contribution is -2.06. The van der Waals surface area contributed by atoms with Crippen LogP contribution in [-0.4, -0.2) is 17.1 Å². The minimum absolute atomic E-state index is 0.254. The molecule has 0 saturated carbocycles. The summed E-state index contributed by atoms with van der Waals surface area (Å²) in [5.41, 5.74) is 2.87. The SMILES string of the molecule is C=CCc1ccc(OC(C)c2nc3ccc(Cl)cc3[nH]2)c(OC)c1. The van der Waals surface area contributed by atoms with Crippen molar-refractivity contribution in [2.75, 3.05) is 7.11 Å². The van der Waals surface area contributed by atoms with E-state index in [1.807, 2.05) is 49.4 Å². The van der Waals surface area contributed by atoms with Gasteiger partial charge in [0.25, 0.3) is 0 Å². The van der Waals surface area contributed by atoms with Gasteiger partial charge in [-0.05, 0) is 49.2 Å².